The number of hydrogen-bond acceptors (Lipinski definition) is 6. The van der Waals surface area contributed by atoms with Gasteiger partial charge in [0.1, 0.15) is 5.82 Å². The summed E-state index contributed by atoms with van der Waals surface area (Å²) in [5, 5.41) is 0.994. The van der Waals surface area contributed by atoms with Crippen molar-refractivity contribution in [3.8, 4) is 29.3 Å². The van der Waals surface area contributed by atoms with E-state index in [4.69, 9.17) is 23.0 Å². The van der Waals surface area contributed by atoms with Crippen molar-refractivity contribution in [3.05, 3.63) is 87.6 Å². The van der Waals surface area contributed by atoms with Crippen LogP contribution in [0.5, 0.6) is 0 Å². The van der Waals surface area contributed by atoms with Crippen LogP contribution in [0.4, 0.5) is 5.82 Å². The van der Waals surface area contributed by atoms with Crippen molar-refractivity contribution in [1.82, 2.24) is 24.4 Å². The number of aromatic nitrogens is 4. The second-order valence-electron chi connectivity index (χ2n) is 11.0. The zero-order chi connectivity index (χ0) is 30.3. The lowest BCUT2D eigenvalue weighted by atomic mass is 10.0. The molecule has 0 N–H and O–H groups in total. The summed E-state index contributed by atoms with van der Waals surface area (Å²) in [5.41, 5.74) is 4.00. The van der Waals surface area contributed by atoms with Gasteiger partial charge in [0.25, 0.3) is 0 Å². The van der Waals surface area contributed by atoms with Crippen LogP contribution in [0.3, 0.4) is 0 Å². The number of rotatable bonds is 5. The lowest BCUT2D eigenvalue weighted by molar-refractivity contribution is -0.128. The van der Waals surface area contributed by atoms with E-state index < -0.39 is 5.69 Å². The summed E-state index contributed by atoms with van der Waals surface area (Å²) in [7, 11) is 0. The Labute approximate surface area is 250 Å². The smallest absolute Gasteiger partial charge is 0.349 e. The fraction of sp³-hybridized carbons (Fsp3) is 0.303. The van der Waals surface area contributed by atoms with Crippen molar-refractivity contribution in [3.63, 3.8) is 0 Å². The predicted molar refractivity (Wildman–Crippen MR) is 168 cm³/mol. The van der Waals surface area contributed by atoms with Gasteiger partial charge in [-0.25, -0.2) is 14.3 Å². The molecule has 4 aromatic rings. The third-order valence-corrected chi connectivity index (χ3v) is 8.07. The molecule has 0 radical (unpaired) electrons. The van der Waals surface area contributed by atoms with E-state index in [0.717, 1.165) is 11.3 Å². The highest BCUT2D eigenvalue weighted by Gasteiger charge is 2.34. The zero-order valence-electron chi connectivity index (χ0n) is 24.4. The van der Waals surface area contributed by atoms with Crippen LogP contribution < -0.4 is 10.6 Å². The Balaban J connectivity index is 1.84. The van der Waals surface area contributed by atoms with Gasteiger partial charge in [0, 0.05) is 42.5 Å². The van der Waals surface area contributed by atoms with Gasteiger partial charge < -0.3 is 9.80 Å². The van der Waals surface area contributed by atoms with E-state index in [1.807, 2.05) is 71.0 Å². The highest BCUT2D eigenvalue weighted by molar-refractivity contribution is 6.34. The highest BCUT2D eigenvalue weighted by Crippen LogP contribution is 2.36. The second kappa shape index (κ2) is 11.4. The Morgan fingerprint density at radius 3 is 2.60 bits per heavy atom. The molecule has 2 unspecified atom stereocenters. The average molecular weight is 581 g/mol. The number of hydrogen-bond donors (Lipinski definition) is 0. The molecule has 2 atom stereocenters. The molecule has 0 saturated carbocycles. The second-order valence-corrected chi connectivity index (χ2v) is 11.4. The van der Waals surface area contributed by atoms with E-state index in [2.05, 4.69) is 27.4 Å². The minimum Gasteiger partial charge on any atom is -0.349 e. The van der Waals surface area contributed by atoms with E-state index in [1.54, 1.807) is 15.7 Å². The van der Waals surface area contributed by atoms with E-state index in [0.29, 0.717) is 57.5 Å². The van der Waals surface area contributed by atoms with Gasteiger partial charge in [0.2, 0.25) is 5.91 Å². The van der Waals surface area contributed by atoms with E-state index in [1.165, 1.54) is 6.08 Å². The van der Waals surface area contributed by atoms with Crippen LogP contribution in [0.25, 0.3) is 28.0 Å². The van der Waals surface area contributed by atoms with Crippen LogP contribution in [-0.2, 0) is 4.79 Å². The van der Waals surface area contributed by atoms with Crippen LogP contribution in [-0.4, -0.2) is 55.5 Å². The quantitative estimate of drug-likeness (QED) is 0.228. The Kier molecular flexibility index (Phi) is 7.89. The van der Waals surface area contributed by atoms with Crippen LogP contribution in [0.1, 0.15) is 50.4 Å². The Hall–Kier alpha value is -4.48. The van der Waals surface area contributed by atoms with Crippen molar-refractivity contribution in [2.24, 2.45) is 0 Å². The number of benzene rings is 1. The van der Waals surface area contributed by atoms with Crippen molar-refractivity contribution in [2.75, 3.05) is 18.0 Å². The van der Waals surface area contributed by atoms with E-state index in [9.17, 15) is 9.59 Å². The third-order valence-electron chi connectivity index (χ3n) is 7.78. The topological polar surface area (TPSA) is 84.2 Å². The summed E-state index contributed by atoms with van der Waals surface area (Å²) >= 11 is 6.94. The number of fused-ring (bicyclic) bond motifs is 1. The zero-order valence-corrected chi connectivity index (χ0v) is 25.2. The number of pyridine rings is 2. The summed E-state index contributed by atoms with van der Waals surface area (Å²) < 4.78 is 1.54. The molecule has 1 saturated heterocycles. The Morgan fingerprint density at radius 1 is 1.17 bits per heavy atom. The monoisotopic (exact) mass is 580 g/mol. The van der Waals surface area contributed by atoms with Gasteiger partial charge in [-0.15, -0.1) is 6.42 Å². The number of amides is 1. The molecule has 0 aliphatic carbocycles. The molecule has 0 spiro atoms. The third kappa shape index (κ3) is 4.94. The number of halogens is 1. The van der Waals surface area contributed by atoms with Gasteiger partial charge >= 0.3 is 5.69 Å². The first-order valence-electron chi connectivity index (χ1n) is 13.9. The van der Waals surface area contributed by atoms with Gasteiger partial charge in [0.15, 0.2) is 5.65 Å². The number of carbonyl (C=O) groups excluding carboxylic acids is 1. The number of terminal acetylenes is 1. The van der Waals surface area contributed by atoms with E-state index >= 15 is 0 Å². The van der Waals surface area contributed by atoms with Gasteiger partial charge in [-0.2, -0.15) is 4.98 Å². The average Bonchev–Trinajstić information content (AvgIpc) is 2.97. The van der Waals surface area contributed by atoms with Crippen molar-refractivity contribution >= 4 is 34.4 Å². The molecular formula is C33H33ClN6O2. The van der Waals surface area contributed by atoms with Gasteiger partial charge in [-0.1, -0.05) is 56.1 Å². The molecule has 1 aromatic carbocycles. The lowest BCUT2D eigenvalue weighted by Gasteiger charge is -2.44. The number of nitrogens with zero attached hydrogens (tertiary/aromatic N) is 6. The molecule has 0 bridgehead atoms. The van der Waals surface area contributed by atoms with Crippen molar-refractivity contribution < 1.29 is 4.79 Å². The van der Waals surface area contributed by atoms with Gasteiger partial charge in [-0.3, -0.25) is 9.78 Å². The molecule has 9 heteroatoms. The summed E-state index contributed by atoms with van der Waals surface area (Å²) in [6, 6.07) is 10.8. The minimum absolute atomic E-state index is 0.0341. The molecule has 1 aliphatic heterocycles. The first-order chi connectivity index (χ1) is 20.1. The molecule has 1 aliphatic rings. The Bertz CT molecular complexity index is 1820. The Morgan fingerprint density at radius 2 is 1.90 bits per heavy atom. The molecule has 3 aromatic heterocycles. The molecular weight excluding hydrogens is 548 g/mol. The molecule has 1 amide bonds. The number of aryl methyl sites for hydroxylation is 1. The SMILES string of the molecule is C#Cc1ccccc1-c1nc2c(cc1Cl)c(N1CC(C)N(C(=O)C=C)CC1C)nc(=O)n2-c1c(C)ccnc1C(C)C. The molecule has 5 rings (SSSR count). The van der Waals surface area contributed by atoms with Crippen LogP contribution in [0.2, 0.25) is 5.02 Å². The lowest BCUT2D eigenvalue weighted by Crippen LogP contribution is -2.58. The molecule has 214 valence electrons. The largest absolute Gasteiger partial charge is 0.355 e. The summed E-state index contributed by atoms with van der Waals surface area (Å²) in [6.45, 7) is 14.5. The summed E-state index contributed by atoms with van der Waals surface area (Å²) in [4.78, 5) is 44.8. The van der Waals surface area contributed by atoms with Crippen molar-refractivity contribution in [1.29, 1.82) is 0 Å². The summed E-state index contributed by atoms with van der Waals surface area (Å²) in [6.07, 6.45) is 8.90. The standard InChI is InChI=1S/C33H33ClN6O2/c1-8-23-12-10-11-13-24(23)29-26(34)16-25-31(39-18-21(6)38(17-22(39)7)27(41)9-2)37-33(42)40(32(25)36-29)30-20(5)14-15-35-28(30)19(3)4/h1,9-16,19,21-22H,2,17-18H2,3-7H3. The number of piperazine rings is 1. The molecule has 4 heterocycles. The number of anilines is 1. The fourth-order valence-electron chi connectivity index (χ4n) is 5.66. The number of carbonyl (C=O) groups is 1. The van der Waals surface area contributed by atoms with Crippen molar-refractivity contribution in [2.45, 2.75) is 52.6 Å². The maximum atomic E-state index is 14.1. The van der Waals surface area contributed by atoms with E-state index in [-0.39, 0.29) is 23.9 Å². The highest BCUT2D eigenvalue weighted by atomic mass is 35.5. The molecule has 8 nitrogen and oxygen atoms in total. The van der Waals surface area contributed by atoms with Crippen LogP contribution >= 0.6 is 11.6 Å². The maximum Gasteiger partial charge on any atom is 0.355 e. The maximum absolute atomic E-state index is 14.1. The normalized spacial score (nSPS) is 17.0. The predicted octanol–water partition coefficient (Wildman–Crippen LogP) is 5.52. The molecule has 42 heavy (non-hydrogen) atoms. The molecule has 1 fully saturated rings. The van der Waals surface area contributed by atoms with Gasteiger partial charge in [-0.05, 0) is 56.5 Å². The summed E-state index contributed by atoms with van der Waals surface area (Å²) in [5.74, 6) is 3.09. The fourth-order valence-corrected chi connectivity index (χ4v) is 5.91. The minimum atomic E-state index is -0.481. The van der Waals surface area contributed by atoms with Gasteiger partial charge in [0.05, 0.1) is 27.5 Å². The first-order valence-corrected chi connectivity index (χ1v) is 14.3. The van der Waals surface area contributed by atoms with Crippen LogP contribution in [0, 0.1) is 19.3 Å². The first kappa shape index (κ1) is 29.0. The van der Waals surface area contributed by atoms with Crippen LogP contribution in [0.15, 0.2) is 60.0 Å².